The highest BCUT2D eigenvalue weighted by Gasteiger charge is 2.72. The first-order valence-electron chi connectivity index (χ1n) is 14.6. The van der Waals surface area contributed by atoms with Gasteiger partial charge in [-0.1, -0.05) is 60.1 Å². The number of allylic oxidation sites excluding steroid dienone is 2. The highest BCUT2D eigenvalue weighted by molar-refractivity contribution is 6.02. The molecule has 206 valence electrons. The highest BCUT2D eigenvalue weighted by Crippen LogP contribution is 2.76. The van der Waals surface area contributed by atoms with Gasteiger partial charge in [0, 0.05) is 5.41 Å². The molecule has 0 heterocycles. The minimum Gasteiger partial charge on any atom is -0.481 e. The molecule has 1 N–H and O–H groups in total. The van der Waals surface area contributed by atoms with Crippen LogP contribution in [0.3, 0.4) is 0 Å². The van der Waals surface area contributed by atoms with Crippen LogP contribution in [0.5, 0.6) is 0 Å². The van der Waals surface area contributed by atoms with Crippen LogP contribution in [-0.4, -0.2) is 29.9 Å². The summed E-state index contributed by atoms with van der Waals surface area (Å²) in [5.74, 6) is -1.26. The summed E-state index contributed by atoms with van der Waals surface area (Å²) in [6.45, 7) is 15.9. The third-order valence-electron chi connectivity index (χ3n) is 13.5. The van der Waals surface area contributed by atoms with Gasteiger partial charge in [0.2, 0.25) is 0 Å². The minimum atomic E-state index is -0.967. The zero-order valence-electron chi connectivity index (χ0n) is 24.3. The smallest absolute Gasteiger partial charge is 0.314 e. The Morgan fingerprint density at radius 2 is 1.57 bits per heavy atom. The molecular formula is C32H48O5. The number of ketones is 1. The fourth-order valence-electron chi connectivity index (χ4n) is 10.9. The van der Waals surface area contributed by atoms with Crippen molar-refractivity contribution in [3.63, 3.8) is 0 Å². The van der Waals surface area contributed by atoms with E-state index in [1.54, 1.807) is 7.11 Å². The lowest BCUT2D eigenvalue weighted by molar-refractivity contribution is -0.219. The van der Waals surface area contributed by atoms with Gasteiger partial charge < -0.3 is 9.84 Å². The average Bonchev–Trinajstić information content (AvgIpc) is 2.81. The molecule has 0 spiro atoms. The standard InChI is InChI=1S/C32H48O5/c1-27(2)15-16-32(26(36)37-8)14-10-21-19(22(32)18-27)9-13-31(7)29(21,5)12-11-23-28(3,4)24(33)20(25(34)35)17-30(23,31)6/h9,20-23H,10-18H2,1-8H3,(H,34,35)/t20?,21-,22+,23+,29+,30+,31+,32-/m1/s1. The molecule has 5 rings (SSSR count). The van der Waals surface area contributed by atoms with E-state index in [0.717, 1.165) is 51.4 Å². The van der Waals surface area contributed by atoms with E-state index < -0.39 is 22.7 Å². The predicted molar refractivity (Wildman–Crippen MR) is 143 cm³/mol. The number of hydrogen-bond donors (Lipinski definition) is 1. The molecule has 0 aromatic heterocycles. The quantitative estimate of drug-likeness (QED) is 0.249. The number of carbonyl (C=O) groups is 3. The second-order valence-electron chi connectivity index (χ2n) is 15.5. The lowest BCUT2D eigenvalue weighted by atomic mass is 9.31. The maximum absolute atomic E-state index is 13.4. The SMILES string of the molecule is COC(=O)[C@@]12CC[C@@H]3C(=CC[C@@]4(C)[C@@]3(C)CC[C@H]3C(C)(C)C(=O)C(C(=O)O)C[C@@]34C)[C@@H]1CC(C)(C)CC2. The van der Waals surface area contributed by atoms with E-state index in [4.69, 9.17) is 4.74 Å². The number of rotatable bonds is 2. The number of Topliss-reactive ketones (excluding diaryl/α,β-unsaturated/α-hetero) is 1. The molecule has 0 aromatic carbocycles. The Morgan fingerprint density at radius 1 is 0.892 bits per heavy atom. The summed E-state index contributed by atoms with van der Waals surface area (Å²) in [5, 5.41) is 10.1. The summed E-state index contributed by atoms with van der Waals surface area (Å²) in [4.78, 5) is 39.0. The normalized spacial score (nSPS) is 47.9. The van der Waals surface area contributed by atoms with Gasteiger partial charge in [0.05, 0.1) is 12.5 Å². The van der Waals surface area contributed by atoms with E-state index in [-0.39, 0.29) is 45.2 Å². The number of methoxy groups -OCH3 is 1. The molecule has 8 atom stereocenters. The molecule has 5 aliphatic rings. The van der Waals surface area contributed by atoms with Crippen LogP contribution in [-0.2, 0) is 19.1 Å². The van der Waals surface area contributed by atoms with Gasteiger partial charge in [-0.25, -0.2) is 0 Å². The van der Waals surface area contributed by atoms with Gasteiger partial charge in [-0.3, -0.25) is 14.4 Å². The molecule has 4 fully saturated rings. The molecule has 37 heavy (non-hydrogen) atoms. The molecular weight excluding hydrogens is 464 g/mol. The summed E-state index contributed by atoms with van der Waals surface area (Å²) in [7, 11) is 1.54. The number of carbonyl (C=O) groups excluding carboxylic acids is 2. The van der Waals surface area contributed by atoms with E-state index in [0.29, 0.717) is 12.3 Å². The summed E-state index contributed by atoms with van der Waals surface area (Å²) in [5.41, 5.74) is 0.219. The molecule has 0 bridgehead atoms. The molecule has 0 radical (unpaired) electrons. The van der Waals surface area contributed by atoms with E-state index in [2.05, 4.69) is 40.7 Å². The van der Waals surface area contributed by atoms with E-state index in [1.807, 2.05) is 13.8 Å². The van der Waals surface area contributed by atoms with Gasteiger partial charge in [0.25, 0.3) is 0 Å². The van der Waals surface area contributed by atoms with Gasteiger partial charge in [0.15, 0.2) is 5.78 Å². The van der Waals surface area contributed by atoms with Crippen molar-refractivity contribution in [2.24, 2.45) is 56.2 Å². The van der Waals surface area contributed by atoms with Gasteiger partial charge in [-0.15, -0.1) is 0 Å². The minimum absolute atomic E-state index is 0.00821. The second kappa shape index (κ2) is 7.94. The van der Waals surface area contributed by atoms with E-state index in [1.165, 1.54) is 5.57 Å². The number of ether oxygens (including phenoxy) is 1. The maximum atomic E-state index is 13.4. The molecule has 5 heteroatoms. The van der Waals surface area contributed by atoms with Crippen LogP contribution in [0.1, 0.15) is 106 Å². The molecule has 5 aliphatic carbocycles. The fraction of sp³-hybridized carbons (Fsp3) is 0.844. The highest BCUT2D eigenvalue weighted by atomic mass is 16.5. The number of carboxylic acids is 1. The average molecular weight is 513 g/mol. The van der Waals surface area contributed by atoms with Crippen molar-refractivity contribution in [3.05, 3.63) is 11.6 Å². The van der Waals surface area contributed by atoms with Crippen LogP contribution in [0.4, 0.5) is 0 Å². The number of hydrogen-bond acceptors (Lipinski definition) is 4. The van der Waals surface area contributed by atoms with Crippen molar-refractivity contribution < 1.29 is 24.2 Å². The summed E-state index contributed by atoms with van der Waals surface area (Å²) >= 11 is 0. The lowest BCUT2D eigenvalue weighted by Crippen LogP contribution is -2.68. The molecule has 5 nitrogen and oxygen atoms in total. The Morgan fingerprint density at radius 3 is 2.19 bits per heavy atom. The zero-order valence-corrected chi connectivity index (χ0v) is 24.3. The molecule has 0 saturated heterocycles. The number of aliphatic carboxylic acids is 1. The first-order valence-corrected chi connectivity index (χ1v) is 14.6. The lowest BCUT2D eigenvalue weighted by Gasteiger charge is -2.72. The Balaban J connectivity index is 1.62. The Bertz CT molecular complexity index is 1070. The van der Waals surface area contributed by atoms with E-state index in [9.17, 15) is 19.5 Å². The van der Waals surface area contributed by atoms with Crippen LogP contribution < -0.4 is 0 Å². The van der Waals surface area contributed by atoms with Crippen LogP contribution in [0.2, 0.25) is 0 Å². The number of fused-ring (bicyclic) bond motifs is 7. The summed E-state index contributed by atoms with van der Waals surface area (Å²) < 4.78 is 5.45. The topological polar surface area (TPSA) is 80.7 Å². The van der Waals surface area contributed by atoms with Gasteiger partial charge >= 0.3 is 11.9 Å². The number of esters is 1. The molecule has 0 amide bonds. The van der Waals surface area contributed by atoms with Crippen molar-refractivity contribution in [2.45, 2.75) is 106 Å². The predicted octanol–water partition coefficient (Wildman–Crippen LogP) is 6.84. The van der Waals surface area contributed by atoms with Crippen LogP contribution in [0.15, 0.2) is 11.6 Å². The van der Waals surface area contributed by atoms with Crippen LogP contribution >= 0.6 is 0 Å². The van der Waals surface area contributed by atoms with Crippen molar-refractivity contribution in [3.8, 4) is 0 Å². The van der Waals surface area contributed by atoms with Crippen molar-refractivity contribution in [1.29, 1.82) is 0 Å². The molecule has 0 aromatic rings. The molecule has 4 saturated carbocycles. The Hall–Kier alpha value is -1.65. The molecule has 1 unspecified atom stereocenters. The number of carboxylic acid groups (broad SMARTS) is 1. The van der Waals surface area contributed by atoms with Crippen molar-refractivity contribution >= 4 is 17.7 Å². The Kier molecular flexibility index (Phi) is 5.78. The van der Waals surface area contributed by atoms with E-state index >= 15 is 0 Å². The van der Waals surface area contributed by atoms with Crippen LogP contribution in [0, 0.1) is 56.2 Å². The zero-order chi connectivity index (χ0) is 27.4. The van der Waals surface area contributed by atoms with Crippen molar-refractivity contribution in [1.82, 2.24) is 0 Å². The van der Waals surface area contributed by atoms with Crippen molar-refractivity contribution in [2.75, 3.05) is 7.11 Å². The monoisotopic (exact) mass is 512 g/mol. The van der Waals surface area contributed by atoms with Gasteiger partial charge in [0.1, 0.15) is 5.92 Å². The largest absolute Gasteiger partial charge is 0.481 e. The third kappa shape index (κ3) is 3.24. The second-order valence-corrected chi connectivity index (χ2v) is 15.5. The summed E-state index contributed by atoms with van der Waals surface area (Å²) in [6, 6.07) is 0. The summed E-state index contributed by atoms with van der Waals surface area (Å²) in [6.07, 6.45) is 10.6. The molecule has 0 aliphatic heterocycles. The first-order chi connectivity index (χ1) is 17.0. The first kappa shape index (κ1) is 26.9. The van der Waals surface area contributed by atoms with Gasteiger partial charge in [-0.05, 0) is 97.2 Å². The maximum Gasteiger partial charge on any atom is 0.314 e. The van der Waals surface area contributed by atoms with Crippen LogP contribution in [0.25, 0.3) is 0 Å². The third-order valence-corrected chi connectivity index (χ3v) is 13.5. The Labute approximate surface area is 223 Å². The fourth-order valence-corrected chi connectivity index (χ4v) is 10.9. The van der Waals surface area contributed by atoms with Gasteiger partial charge in [-0.2, -0.15) is 0 Å².